The summed E-state index contributed by atoms with van der Waals surface area (Å²) in [6.07, 6.45) is -0.148. The number of benzene rings is 1. The number of aryl methyl sites for hydroxylation is 1. The second-order valence-electron chi connectivity index (χ2n) is 3.74. The highest BCUT2D eigenvalue weighted by Gasteiger charge is 2.35. The third-order valence-electron chi connectivity index (χ3n) is 2.56. The molecule has 0 radical (unpaired) electrons. The van der Waals surface area contributed by atoms with Crippen LogP contribution in [0.3, 0.4) is 0 Å². The Morgan fingerprint density at radius 2 is 2.12 bits per heavy atom. The predicted molar refractivity (Wildman–Crippen MR) is 59.5 cm³/mol. The van der Waals surface area contributed by atoms with E-state index in [0.29, 0.717) is 5.56 Å². The molecule has 0 bridgehead atoms. The van der Waals surface area contributed by atoms with Gasteiger partial charge < -0.3 is 14.0 Å². The maximum atomic E-state index is 11.4. The summed E-state index contributed by atoms with van der Waals surface area (Å²) < 4.78 is 15.4. The van der Waals surface area contributed by atoms with Crippen LogP contribution in [0.25, 0.3) is 0 Å². The van der Waals surface area contributed by atoms with Gasteiger partial charge in [0.2, 0.25) is 0 Å². The van der Waals surface area contributed by atoms with E-state index in [1.54, 1.807) is 6.07 Å². The summed E-state index contributed by atoms with van der Waals surface area (Å²) in [6, 6.07) is 5.42. The molecule has 1 aromatic carbocycles. The van der Waals surface area contributed by atoms with E-state index in [0.717, 1.165) is 11.0 Å². The normalized spacial score (nSPS) is 15.8. The first kappa shape index (κ1) is 11.2. The van der Waals surface area contributed by atoms with Crippen LogP contribution in [0.5, 0.6) is 0 Å². The Bertz CT molecular complexity index is 412. The number of esters is 1. The molecule has 16 heavy (non-hydrogen) atoms. The fourth-order valence-electron chi connectivity index (χ4n) is 1.69. The molecular weight excluding hydrogens is 207 g/mol. The maximum absolute atomic E-state index is 11.4. The standard InChI is InChI=1S/C11H13BO4/c1-7-6-9(12-15-8(2)16-12)4-5-10(7)11(13)14-3/h4-6,8H,1-3H3. The Hall–Kier alpha value is -1.33. The van der Waals surface area contributed by atoms with E-state index in [9.17, 15) is 4.79 Å². The molecule has 0 aromatic heterocycles. The van der Waals surface area contributed by atoms with Crippen molar-refractivity contribution in [2.75, 3.05) is 7.11 Å². The van der Waals surface area contributed by atoms with Gasteiger partial charge in [0, 0.05) is 0 Å². The van der Waals surface area contributed by atoms with E-state index in [1.165, 1.54) is 7.11 Å². The van der Waals surface area contributed by atoms with Crippen molar-refractivity contribution in [3.63, 3.8) is 0 Å². The summed E-state index contributed by atoms with van der Waals surface area (Å²) in [5.74, 6) is -0.326. The first-order chi connectivity index (χ1) is 7.61. The van der Waals surface area contributed by atoms with Crippen molar-refractivity contribution in [1.29, 1.82) is 0 Å². The Morgan fingerprint density at radius 3 is 2.62 bits per heavy atom. The monoisotopic (exact) mass is 220 g/mol. The van der Waals surface area contributed by atoms with Crippen LogP contribution in [-0.2, 0) is 14.0 Å². The number of rotatable bonds is 2. The van der Waals surface area contributed by atoms with Gasteiger partial charge in [0.1, 0.15) is 6.29 Å². The maximum Gasteiger partial charge on any atom is 0.497 e. The Balaban J connectivity index is 2.19. The molecule has 5 heteroatoms. The lowest BCUT2D eigenvalue weighted by Crippen LogP contribution is -2.51. The van der Waals surface area contributed by atoms with Crippen LogP contribution >= 0.6 is 0 Å². The first-order valence-corrected chi connectivity index (χ1v) is 5.11. The van der Waals surface area contributed by atoms with E-state index < -0.39 is 0 Å². The molecule has 2 rings (SSSR count). The fourth-order valence-corrected chi connectivity index (χ4v) is 1.69. The summed E-state index contributed by atoms with van der Waals surface area (Å²) in [5, 5.41) is 0. The molecule has 1 aliphatic heterocycles. The average Bonchev–Trinajstić information content (AvgIpc) is 2.23. The molecular formula is C11H13BO4. The second-order valence-corrected chi connectivity index (χ2v) is 3.74. The Labute approximate surface area is 94.6 Å². The van der Waals surface area contributed by atoms with Gasteiger partial charge in [-0.25, -0.2) is 4.79 Å². The molecule has 4 nitrogen and oxygen atoms in total. The number of ether oxygens (including phenoxy) is 1. The van der Waals surface area contributed by atoms with Gasteiger partial charge in [-0.15, -0.1) is 0 Å². The number of methoxy groups -OCH3 is 1. The summed E-state index contributed by atoms with van der Waals surface area (Å²) in [7, 11) is 1.07. The molecule has 1 fully saturated rings. The van der Waals surface area contributed by atoms with Crippen molar-refractivity contribution in [2.45, 2.75) is 20.1 Å². The van der Waals surface area contributed by atoms with Crippen LogP contribution < -0.4 is 5.46 Å². The average molecular weight is 220 g/mol. The lowest BCUT2D eigenvalue weighted by molar-refractivity contribution is -0.0921. The Kier molecular flexibility index (Phi) is 2.98. The third-order valence-corrected chi connectivity index (χ3v) is 2.56. The number of carbonyl (C=O) groups is 1. The van der Waals surface area contributed by atoms with Crippen molar-refractivity contribution in [2.24, 2.45) is 0 Å². The zero-order valence-corrected chi connectivity index (χ0v) is 9.52. The largest absolute Gasteiger partial charge is 0.497 e. The molecule has 1 saturated heterocycles. The molecule has 0 spiro atoms. The predicted octanol–water partition coefficient (Wildman–Crippen LogP) is 0.870. The van der Waals surface area contributed by atoms with Crippen molar-refractivity contribution in [1.82, 2.24) is 0 Å². The van der Waals surface area contributed by atoms with Crippen molar-refractivity contribution in [3.05, 3.63) is 29.3 Å². The van der Waals surface area contributed by atoms with Gasteiger partial charge in [-0.1, -0.05) is 12.1 Å². The molecule has 1 heterocycles. The highest BCUT2D eigenvalue weighted by atomic mass is 16.8. The summed E-state index contributed by atoms with van der Waals surface area (Å²) in [5.41, 5.74) is 2.35. The number of hydrogen-bond donors (Lipinski definition) is 0. The minimum absolute atomic E-state index is 0.148. The number of carbonyl (C=O) groups excluding carboxylic acids is 1. The molecule has 84 valence electrons. The molecule has 1 aromatic rings. The van der Waals surface area contributed by atoms with Crippen LogP contribution in [0, 0.1) is 6.92 Å². The van der Waals surface area contributed by atoms with E-state index in [1.807, 2.05) is 26.0 Å². The van der Waals surface area contributed by atoms with Gasteiger partial charge in [0.25, 0.3) is 0 Å². The zero-order chi connectivity index (χ0) is 11.7. The fraction of sp³-hybridized carbons (Fsp3) is 0.364. The Morgan fingerprint density at radius 1 is 1.44 bits per heavy atom. The molecule has 0 aliphatic carbocycles. The smallest absolute Gasteiger partial charge is 0.465 e. The molecule has 0 amide bonds. The third kappa shape index (κ3) is 1.96. The molecule has 0 atom stereocenters. The van der Waals surface area contributed by atoms with E-state index in [2.05, 4.69) is 4.74 Å². The summed E-state index contributed by atoms with van der Waals surface area (Å²) in [4.78, 5) is 11.4. The highest BCUT2D eigenvalue weighted by molar-refractivity contribution is 6.62. The van der Waals surface area contributed by atoms with Gasteiger partial charge in [-0.05, 0) is 30.9 Å². The van der Waals surface area contributed by atoms with E-state index in [4.69, 9.17) is 9.31 Å². The van der Waals surface area contributed by atoms with Gasteiger partial charge in [-0.2, -0.15) is 0 Å². The van der Waals surface area contributed by atoms with Gasteiger partial charge >= 0.3 is 13.1 Å². The van der Waals surface area contributed by atoms with Crippen LogP contribution in [0.4, 0.5) is 0 Å². The summed E-state index contributed by atoms with van der Waals surface area (Å²) in [6.45, 7) is 3.70. The van der Waals surface area contributed by atoms with Crippen molar-refractivity contribution in [3.8, 4) is 0 Å². The molecule has 0 saturated carbocycles. The SMILES string of the molecule is COC(=O)c1ccc(B2OC(C)O2)cc1C. The quantitative estimate of drug-likeness (QED) is 0.547. The lowest BCUT2D eigenvalue weighted by Gasteiger charge is -2.31. The first-order valence-electron chi connectivity index (χ1n) is 5.11. The van der Waals surface area contributed by atoms with Crippen LogP contribution in [-0.4, -0.2) is 26.5 Å². The van der Waals surface area contributed by atoms with Crippen LogP contribution in [0.1, 0.15) is 22.8 Å². The van der Waals surface area contributed by atoms with Crippen LogP contribution in [0.15, 0.2) is 18.2 Å². The lowest BCUT2D eigenvalue weighted by atomic mass is 9.75. The minimum atomic E-state index is -0.326. The highest BCUT2D eigenvalue weighted by Crippen LogP contribution is 2.14. The van der Waals surface area contributed by atoms with Crippen molar-refractivity contribution < 1.29 is 18.8 Å². The van der Waals surface area contributed by atoms with Crippen molar-refractivity contribution >= 4 is 18.6 Å². The second kappa shape index (κ2) is 4.27. The van der Waals surface area contributed by atoms with E-state index in [-0.39, 0.29) is 19.4 Å². The van der Waals surface area contributed by atoms with Crippen LogP contribution in [0.2, 0.25) is 0 Å². The zero-order valence-electron chi connectivity index (χ0n) is 9.52. The van der Waals surface area contributed by atoms with E-state index >= 15 is 0 Å². The number of hydrogen-bond acceptors (Lipinski definition) is 4. The topological polar surface area (TPSA) is 44.8 Å². The summed E-state index contributed by atoms with van der Waals surface area (Å²) >= 11 is 0. The molecule has 0 N–H and O–H groups in total. The molecule has 1 aliphatic rings. The minimum Gasteiger partial charge on any atom is -0.465 e. The van der Waals surface area contributed by atoms with Gasteiger partial charge in [-0.3, -0.25) is 0 Å². The van der Waals surface area contributed by atoms with Gasteiger partial charge in [0.15, 0.2) is 0 Å². The van der Waals surface area contributed by atoms with Gasteiger partial charge in [0.05, 0.1) is 12.7 Å². The molecule has 0 unspecified atom stereocenters.